The maximum atomic E-state index is 11.1. The summed E-state index contributed by atoms with van der Waals surface area (Å²) in [4.78, 5) is 11.1. The highest BCUT2D eigenvalue weighted by atomic mass is 16.5. The van der Waals surface area contributed by atoms with E-state index in [1.807, 2.05) is 0 Å². The van der Waals surface area contributed by atoms with E-state index in [1.165, 1.54) is 19.1 Å². The first-order chi connectivity index (χ1) is 5.31. The molecule has 0 spiro atoms. The van der Waals surface area contributed by atoms with Gasteiger partial charge in [0.05, 0.1) is 13.0 Å². The molecule has 60 valence electrons. The maximum absolute atomic E-state index is 11.1. The summed E-state index contributed by atoms with van der Waals surface area (Å²) in [6.45, 7) is 0. The maximum Gasteiger partial charge on any atom is 0.312 e. The highest BCUT2D eigenvalue weighted by Gasteiger charge is 2.36. The van der Waals surface area contributed by atoms with E-state index in [2.05, 4.69) is 6.08 Å². The Morgan fingerprint density at radius 2 is 2.55 bits per heavy atom. The van der Waals surface area contributed by atoms with Crippen LogP contribution in [0.4, 0.5) is 0 Å². The molecule has 0 aromatic carbocycles. The van der Waals surface area contributed by atoms with Crippen LogP contribution in [0.25, 0.3) is 0 Å². The summed E-state index contributed by atoms with van der Waals surface area (Å²) in [5, 5.41) is 0. The minimum absolute atomic E-state index is 0.0431. The standard InChI is InChI=1S/C9H12O2/c1-11-9(10)8-5-6-2-3-7(8)4-6/h4,6,8H,2-3,5H2,1H3. The molecule has 11 heavy (non-hydrogen) atoms. The molecule has 2 bridgehead atoms. The molecular formula is C9H12O2. The van der Waals surface area contributed by atoms with Gasteiger partial charge >= 0.3 is 5.97 Å². The van der Waals surface area contributed by atoms with Gasteiger partial charge in [-0.3, -0.25) is 4.79 Å². The molecule has 0 radical (unpaired) electrons. The highest BCUT2D eigenvalue weighted by molar-refractivity contribution is 5.76. The van der Waals surface area contributed by atoms with Crippen LogP contribution in [0.5, 0.6) is 0 Å². The number of hydrogen-bond acceptors (Lipinski definition) is 2. The molecule has 2 aliphatic rings. The zero-order chi connectivity index (χ0) is 7.84. The summed E-state index contributed by atoms with van der Waals surface area (Å²) in [5.41, 5.74) is 1.32. The Morgan fingerprint density at radius 3 is 3.00 bits per heavy atom. The Balaban J connectivity index is 2.09. The average molecular weight is 152 g/mol. The molecule has 0 heterocycles. The van der Waals surface area contributed by atoms with E-state index < -0.39 is 0 Å². The number of allylic oxidation sites excluding steroid dienone is 1. The molecule has 2 unspecified atom stereocenters. The second-order valence-corrected chi connectivity index (χ2v) is 3.35. The van der Waals surface area contributed by atoms with Gasteiger partial charge in [0.2, 0.25) is 0 Å². The number of rotatable bonds is 1. The predicted molar refractivity (Wildman–Crippen MR) is 40.9 cm³/mol. The van der Waals surface area contributed by atoms with Crippen LogP contribution in [0.1, 0.15) is 19.3 Å². The zero-order valence-corrected chi connectivity index (χ0v) is 6.67. The second-order valence-electron chi connectivity index (χ2n) is 3.35. The fraction of sp³-hybridized carbons (Fsp3) is 0.667. The highest BCUT2D eigenvalue weighted by Crippen LogP contribution is 2.43. The lowest BCUT2D eigenvalue weighted by Crippen LogP contribution is -2.19. The van der Waals surface area contributed by atoms with E-state index in [0.717, 1.165) is 12.8 Å². The van der Waals surface area contributed by atoms with Gasteiger partial charge in [-0.15, -0.1) is 0 Å². The monoisotopic (exact) mass is 152 g/mol. The van der Waals surface area contributed by atoms with Gasteiger partial charge < -0.3 is 4.74 Å². The van der Waals surface area contributed by atoms with Crippen molar-refractivity contribution in [1.82, 2.24) is 0 Å². The van der Waals surface area contributed by atoms with E-state index in [1.54, 1.807) is 0 Å². The smallest absolute Gasteiger partial charge is 0.312 e. The van der Waals surface area contributed by atoms with Crippen LogP contribution in [0, 0.1) is 11.8 Å². The van der Waals surface area contributed by atoms with Crippen LogP contribution < -0.4 is 0 Å². The summed E-state index contributed by atoms with van der Waals surface area (Å²) in [6.07, 6.45) is 5.62. The van der Waals surface area contributed by atoms with Gasteiger partial charge in [-0.1, -0.05) is 11.6 Å². The molecule has 2 aliphatic carbocycles. The first-order valence-electron chi connectivity index (χ1n) is 4.09. The van der Waals surface area contributed by atoms with Crippen molar-refractivity contribution in [2.75, 3.05) is 7.11 Å². The van der Waals surface area contributed by atoms with E-state index in [0.29, 0.717) is 5.92 Å². The summed E-state index contributed by atoms with van der Waals surface area (Å²) >= 11 is 0. The van der Waals surface area contributed by atoms with Crippen molar-refractivity contribution >= 4 is 5.97 Å². The minimum Gasteiger partial charge on any atom is -0.469 e. The second kappa shape index (κ2) is 2.36. The molecule has 2 atom stereocenters. The number of carbonyl (C=O) groups excluding carboxylic acids is 1. The molecule has 0 aliphatic heterocycles. The molecule has 0 aromatic heterocycles. The van der Waals surface area contributed by atoms with Crippen molar-refractivity contribution in [1.29, 1.82) is 0 Å². The van der Waals surface area contributed by atoms with E-state index in [9.17, 15) is 4.79 Å². The Bertz CT molecular complexity index is 218. The summed E-state index contributed by atoms with van der Waals surface area (Å²) in [6, 6.07) is 0. The summed E-state index contributed by atoms with van der Waals surface area (Å²) in [5.74, 6) is 0.742. The lowest BCUT2D eigenvalue weighted by atomic mass is 9.89. The van der Waals surface area contributed by atoms with Crippen LogP contribution in [-0.4, -0.2) is 13.1 Å². The first kappa shape index (κ1) is 6.89. The van der Waals surface area contributed by atoms with Gasteiger partial charge in [-0.25, -0.2) is 0 Å². The molecule has 0 amide bonds. The molecular weight excluding hydrogens is 140 g/mol. The Labute approximate surface area is 66.2 Å². The van der Waals surface area contributed by atoms with Crippen molar-refractivity contribution in [3.8, 4) is 0 Å². The Kier molecular flexibility index (Phi) is 1.48. The first-order valence-corrected chi connectivity index (χ1v) is 4.09. The number of methoxy groups -OCH3 is 1. The van der Waals surface area contributed by atoms with Crippen LogP contribution in [-0.2, 0) is 9.53 Å². The fourth-order valence-electron chi connectivity index (χ4n) is 2.14. The molecule has 2 rings (SSSR count). The third kappa shape index (κ3) is 0.971. The third-order valence-corrected chi connectivity index (χ3v) is 2.73. The normalized spacial score (nSPS) is 33.7. The van der Waals surface area contributed by atoms with Crippen LogP contribution in [0.15, 0.2) is 11.6 Å². The van der Waals surface area contributed by atoms with Gasteiger partial charge in [0, 0.05) is 0 Å². The van der Waals surface area contributed by atoms with Crippen LogP contribution in [0.3, 0.4) is 0 Å². The van der Waals surface area contributed by atoms with Gasteiger partial charge in [0.1, 0.15) is 0 Å². The predicted octanol–water partition coefficient (Wildman–Crippen LogP) is 1.52. The number of ether oxygens (including phenoxy) is 1. The van der Waals surface area contributed by atoms with Gasteiger partial charge in [-0.05, 0) is 25.2 Å². The third-order valence-electron chi connectivity index (χ3n) is 2.73. The molecule has 0 saturated heterocycles. The van der Waals surface area contributed by atoms with E-state index in [-0.39, 0.29) is 11.9 Å². The largest absolute Gasteiger partial charge is 0.469 e. The molecule has 0 aromatic rings. The van der Waals surface area contributed by atoms with Crippen molar-refractivity contribution in [2.45, 2.75) is 19.3 Å². The Hall–Kier alpha value is -0.790. The lowest BCUT2D eigenvalue weighted by Gasteiger charge is -2.17. The van der Waals surface area contributed by atoms with Crippen LogP contribution in [0.2, 0.25) is 0 Å². The van der Waals surface area contributed by atoms with E-state index >= 15 is 0 Å². The van der Waals surface area contributed by atoms with E-state index in [4.69, 9.17) is 4.74 Å². The molecule has 2 nitrogen and oxygen atoms in total. The summed E-state index contributed by atoms with van der Waals surface area (Å²) in [7, 11) is 1.47. The SMILES string of the molecule is COC(=O)C1CC2C=C1CC2. The van der Waals surface area contributed by atoms with Gasteiger partial charge in [0.25, 0.3) is 0 Å². The zero-order valence-electron chi connectivity index (χ0n) is 6.67. The van der Waals surface area contributed by atoms with Crippen molar-refractivity contribution in [3.05, 3.63) is 11.6 Å². The van der Waals surface area contributed by atoms with Crippen molar-refractivity contribution in [3.63, 3.8) is 0 Å². The fourth-order valence-corrected chi connectivity index (χ4v) is 2.14. The van der Waals surface area contributed by atoms with Crippen molar-refractivity contribution < 1.29 is 9.53 Å². The average Bonchev–Trinajstić information content (AvgIpc) is 2.62. The van der Waals surface area contributed by atoms with Crippen LogP contribution >= 0.6 is 0 Å². The number of fused-ring (bicyclic) bond motifs is 1. The van der Waals surface area contributed by atoms with Crippen molar-refractivity contribution in [2.24, 2.45) is 11.8 Å². The quantitative estimate of drug-likeness (QED) is 0.420. The molecule has 0 saturated carbocycles. The number of hydrogen-bond donors (Lipinski definition) is 0. The van der Waals surface area contributed by atoms with Gasteiger partial charge in [-0.2, -0.15) is 0 Å². The topological polar surface area (TPSA) is 26.3 Å². The minimum atomic E-state index is -0.0431. The lowest BCUT2D eigenvalue weighted by molar-refractivity contribution is -0.144. The molecule has 0 N–H and O–H groups in total. The van der Waals surface area contributed by atoms with Gasteiger partial charge in [0.15, 0.2) is 0 Å². The number of carbonyl (C=O) groups is 1. The number of esters is 1. The molecule has 2 heteroatoms. The summed E-state index contributed by atoms with van der Waals surface area (Å²) < 4.78 is 4.71. The molecule has 0 fully saturated rings. The Morgan fingerprint density at radius 1 is 1.73 bits per heavy atom.